The van der Waals surface area contributed by atoms with E-state index in [-0.39, 0.29) is 5.91 Å². The van der Waals surface area contributed by atoms with Gasteiger partial charge in [0.05, 0.1) is 0 Å². The Hall–Kier alpha value is -3.41. The Balaban J connectivity index is 1.45. The van der Waals surface area contributed by atoms with Crippen molar-refractivity contribution in [2.75, 3.05) is 6.54 Å². The highest BCUT2D eigenvalue weighted by Crippen LogP contribution is 2.14. The van der Waals surface area contributed by atoms with Crippen molar-refractivity contribution in [3.63, 3.8) is 0 Å². The first kappa shape index (κ1) is 15.1. The quantitative estimate of drug-likeness (QED) is 0.611. The fourth-order valence-electron chi connectivity index (χ4n) is 2.74. The maximum absolute atomic E-state index is 12.3. The van der Waals surface area contributed by atoms with E-state index in [0.29, 0.717) is 18.7 Å². The van der Waals surface area contributed by atoms with Crippen LogP contribution in [0.1, 0.15) is 16.2 Å². The molecule has 0 radical (unpaired) electrons. The van der Waals surface area contributed by atoms with Crippen molar-refractivity contribution in [3.05, 3.63) is 84.6 Å². The summed E-state index contributed by atoms with van der Waals surface area (Å²) in [5.41, 5.74) is 2.43. The van der Waals surface area contributed by atoms with Gasteiger partial charge in [-0.1, -0.05) is 12.1 Å². The topological polar surface area (TPSA) is 64.2 Å². The van der Waals surface area contributed by atoms with Crippen LogP contribution < -0.4 is 5.32 Å². The first-order valence-corrected chi connectivity index (χ1v) is 8.11. The van der Waals surface area contributed by atoms with Gasteiger partial charge in [-0.15, -0.1) is 0 Å². The fourth-order valence-corrected chi connectivity index (χ4v) is 2.74. The van der Waals surface area contributed by atoms with Gasteiger partial charge in [-0.25, -0.2) is 4.68 Å². The minimum Gasteiger partial charge on any atom is -0.350 e. The van der Waals surface area contributed by atoms with Crippen LogP contribution in [0.2, 0.25) is 0 Å². The summed E-state index contributed by atoms with van der Waals surface area (Å²) in [6.07, 6.45) is 6.21. The second kappa shape index (κ2) is 6.60. The number of aromatic nitrogens is 4. The molecule has 0 saturated heterocycles. The number of pyridine rings is 2. The summed E-state index contributed by atoms with van der Waals surface area (Å²) in [4.78, 5) is 16.5. The molecule has 0 fully saturated rings. The number of hydrogen-bond acceptors (Lipinski definition) is 3. The number of nitrogens with zero attached hydrogens (tertiary/aromatic N) is 4. The summed E-state index contributed by atoms with van der Waals surface area (Å²) < 4.78 is 3.73. The van der Waals surface area contributed by atoms with Crippen molar-refractivity contribution in [2.24, 2.45) is 0 Å². The van der Waals surface area contributed by atoms with Crippen LogP contribution in [-0.4, -0.2) is 31.6 Å². The van der Waals surface area contributed by atoms with Gasteiger partial charge in [-0.2, -0.15) is 5.10 Å². The van der Waals surface area contributed by atoms with Gasteiger partial charge in [-0.05, 0) is 42.5 Å². The lowest BCUT2D eigenvalue weighted by atomic mass is 10.2. The standard InChI is InChI=1S/C19H17N5O/c25-19(21-12-9-15-5-1-3-11-20-15)17-10-14-24(22-17)18-8-7-16-6-2-4-13-23(16)18/h1-8,10-11,13-14H,9,12H2,(H,21,25). The predicted octanol–water partition coefficient (Wildman–Crippen LogP) is 2.49. The lowest BCUT2D eigenvalue weighted by Gasteiger charge is -2.04. The molecule has 0 spiro atoms. The second-order valence-corrected chi connectivity index (χ2v) is 5.66. The Labute approximate surface area is 144 Å². The van der Waals surface area contributed by atoms with Crippen LogP contribution in [0.15, 0.2) is 73.2 Å². The molecule has 0 aliphatic heterocycles. The molecule has 0 bridgehead atoms. The number of fused-ring (bicyclic) bond motifs is 1. The first-order valence-electron chi connectivity index (χ1n) is 8.11. The van der Waals surface area contributed by atoms with Crippen molar-refractivity contribution in [1.82, 2.24) is 24.5 Å². The highest BCUT2D eigenvalue weighted by atomic mass is 16.1. The minimum absolute atomic E-state index is 0.185. The number of nitrogens with one attached hydrogen (secondary N) is 1. The van der Waals surface area contributed by atoms with Crippen LogP contribution >= 0.6 is 0 Å². The van der Waals surface area contributed by atoms with Crippen LogP contribution in [-0.2, 0) is 6.42 Å². The van der Waals surface area contributed by atoms with Crippen LogP contribution in [0.5, 0.6) is 0 Å². The van der Waals surface area contributed by atoms with Gasteiger partial charge in [0.1, 0.15) is 5.82 Å². The highest BCUT2D eigenvalue weighted by Gasteiger charge is 2.11. The third kappa shape index (κ3) is 3.14. The monoisotopic (exact) mass is 331 g/mol. The van der Waals surface area contributed by atoms with Crippen LogP contribution in [0.25, 0.3) is 11.3 Å². The second-order valence-electron chi connectivity index (χ2n) is 5.66. The van der Waals surface area contributed by atoms with Gasteiger partial charge in [0.25, 0.3) is 5.91 Å². The molecule has 25 heavy (non-hydrogen) atoms. The zero-order chi connectivity index (χ0) is 17.1. The Morgan fingerprint density at radius 1 is 1.00 bits per heavy atom. The zero-order valence-corrected chi connectivity index (χ0v) is 13.5. The summed E-state index contributed by atoms with van der Waals surface area (Å²) in [6, 6.07) is 17.4. The van der Waals surface area contributed by atoms with Crippen molar-refractivity contribution in [3.8, 4) is 5.82 Å². The van der Waals surface area contributed by atoms with E-state index in [0.717, 1.165) is 17.0 Å². The van der Waals surface area contributed by atoms with E-state index < -0.39 is 0 Å². The van der Waals surface area contributed by atoms with Gasteiger partial charge in [-0.3, -0.25) is 9.78 Å². The van der Waals surface area contributed by atoms with Crippen LogP contribution in [0, 0.1) is 0 Å². The first-order chi connectivity index (χ1) is 12.3. The van der Waals surface area contributed by atoms with Crippen molar-refractivity contribution < 1.29 is 4.79 Å². The molecule has 0 aliphatic rings. The molecule has 4 aromatic heterocycles. The molecule has 0 atom stereocenters. The molecule has 4 rings (SSSR count). The molecule has 4 heterocycles. The van der Waals surface area contributed by atoms with E-state index in [1.165, 1.54) is 0 Å². The average molecular weight is 331 g/mol. The Bertz CT molecular complexity index is 1000. The van der Waals surface area contributed by atoms with Crippen molar-refractivity contribution in [2.45, 2.75) is 6.42 Å². The fraction of sp³-hybridized carbons (Fsp3) is 0.105. The lowest BCUT2D eigenvalue weighted by molar-refractivity contribution is 0.0948. The maximum Gasteiger partial charge on any atom is 0.271 e. The molecule has 0 aromatic carbocycles. The normalized spacial score (nSPS) is 10.9. The molecule has 4 aromatic rings. The minimum atomic E-state index is -0.185. The van der Waals surface area contributed by atoms with Gasteiger partial charge >= 0.3 is 0 Å². The molecule has 0 aliphatic carbocycles. The maximum atomic E-state index is 12.3. The summed E-state index contributed by atoms with van der Waals surface area (Å²) in [5.74, 6) is 0.707. The van der Waals surface area contributed by atoms with Gasteiger partial charge in [0, 0.05) is 42.8 Å². The molecule has 1 amide bonds. The number of hydrogen-bond donors (Lipinski definition) is 1. The number of carbonyl (C=O) groups is 1. The number of rotatable bonds is 5. The molecule has 0 saturated carbocycles. The summed E-state index contributed by atoms with van der Waals surface area (Å²) >= 11 is 0. The van der Waals surface area contributed by atoms with Crippen LogP contribution in [0.3, 0.4) is 0 Å². The Morgan fingerprint density at radius 3 is 2.80 bits per heavy atom. The molecule has 6 heteroatoms. The molecular weight excluding hydrogens is 314 g/mol. The number of amides is 1. The van der Waals surface area contributed by atoms with Gasteiger partial charge in [0.2, 0.25) is 0 Å². The molecule has 0 unspecified atom stereocenters. The van der Waals surface area contributed by atoms with Crippen LogP contribution in [0.4, 0.5) is 0 Å². The molecule has 6 nitrogen and oxygen atoms in total. The largest absolute Gasteiger partial charge is 0.350 e. The molecule has 124 valence electrons. The average Bonchev–Trinajstić information content (AvgIpc) is 3.29. The van der Waals surface area contributed by atoms with E-state index in [9.17, 15) is 4.79 Å². The lowest BCUT2D eigenvalue weighted by Crippen LogP contribution is -2.26. The van der Waals surface area contributed by atoms with E-state index in [1.807, 2.05) is 59.1 Å². The Morgan fingerprint density at radius 2 is 1.92 bits per heavy atom. The molecular formula is C19H17N5O. The smallest absolute Gasteiger partial charge is 0.271 e. The van der Waals surface area contributed by atoms with E-state index in [1.54, 1.807) is 23.1 Å². The zero-order valence-electron chi connectivity index (χ0n) is 13.5. The van der Waals surface area contributed by atoms with E-state index in [4.69, 9.17) is 0 Å². The van der Waals surface area contributed by atoms with Gasteiger partial charge in [0.15, 0.2) is 5.69 Å². The number of carbonyl (C=O) groups excluding carboxylic acids is 1. The molecule has 1 N–H and O–H groups in total. The highest BCUT2D eigenvalue weighted by molar-refractivity contribution is 5.92. The van der Waals surface area contributed by atoms with E-state index >= 15 is 0 Å². The summed E-state index contributed by atoms with van der Waals surface area (Å²) in [7, 11) is 0. The third-order valence-corrected chi connectivity index (χ3v) is 3.99. The SMILES string of the molecule is O=C(NCCc1ccccn1)c1ccn(-c2ccc3ccccn23)n1. The van der Waals surface area contributed by atoms with Gasteiger partial charge < -0.3 is 9.72 Å². The third-order valence-electron chi connectivity index (χ3n) is 3.99. The van der Waals surface area contributed by atoms with E-state index in [2.05, 4.69) is 15.4 Å². The summed E-state index contributed by atoms with van der Waals surface area (Å²) in [5, 5.41) is 7.28. The predicted molar refractivity (Wildman–Crippen MR) is 94.8 cm³/mol. The Kier molecular flexibility index (Phi) is 4.00. The van der Waals surface area contributed by atoms with Crippen molar-refractivity contribution in [1.29, 1.82) is 0 Å². The summed E-state index contributed by atoms with van der Waals surface area (Å²) in [6.45, 7) is 0.525. The van der Waals surface area contributed by atoms with Crippen molar-refractivity contribution >= 4 is 11.4 Å².